The number of para-hydroxylation sites is 1. The summed E-state index contributed by atoms with van der Waals surface area (Å²) in [5, 5.41) is 13.8. The van der Waals surface area contributed by atoms with Crippen LogP contribution in [0.3, 0.4) is 0 Å². The van der Waals surface area contributed by atoms with Gasteiger partial charge in [-0.25, -0.2) is 0 Å². The molecule has 6 nitrogen and oxygen atoms in total. The molecule has 0 bridgehead atoms. The Bertz CT molecular complexity index is 773. The lowest BCUT2D eigenvalue weighted by molar-refractivity contribution is -0.385. The predicted octanol–water partition coefficient (Wildman–Crippen LogP) is 3.16. The van der Waals surface area contributed by atoms with Crippen molar-refractivity contribution in [1.82, 2.24) is 5.32 Å². The van der Waals surface area contributed by atoms with E-state index in [1.54, 1.807) is 13.0 Å². The van der Waals surface area contributed by atoms with Gasteiger partial charge in [-0.1, -0.05) is 18.2 Å². The Hall–Kier alpha value is -2.89. The normalized spacial score (nSPS) is 16.1. The molecule has 1 amide bonds. The summed E-state index contributed by atoms with van der Waals surface area (Å²) in [5.74, 6) is 0.536. The summed E-state index contributed by atoms with van der Waals surface area (Å²) in [7, 11) is 0. The van der Waals surface area contributed by atoms with Crippen LogP contribution in [0.5, 0.6) is 5.75 Å². The van der Waals surface area contributed by atoms with Crippen molar-refractivity contribution in [2.24, 2.45) is 0 Å². The topological polar surface area (TPSA) is 81.5 Å². The van der Waals surface area contributed by atoms with Crippen LogP contribution >= 0.6 is 0 Å². The molecule has 0 saturated heterocycles. The lowest BCUT2D eigenvalue weighted by atomic mass is 10.00. The van der Waals surface area contributed by atoms with E-state index in [1.807, 2.05) is 24.3 Å². The number of carbonyl (C=O) groups is 1. The van der Waals surface area contributed by atoms with Gasteiger partial charge in [0, 0.05) is 29.2 Å². The molecule has 3 rings (SSSR count). The van der Waals surface area contributed by atoms with Crippen LogP contribution in [0.1, 0.15) is 33.9 Å². The Morgan fingerprint density at radius 3 is 2.83 bits per heavy atom. The van der Waals surface area contributed by atoms with Crippen LogP contribution in [-0.4, -0.2) is 17.4 Å². The zero-order valence-electron chi connectivity index (χ0n) is 12.6. The summed E-state index contributed by atoms with van der Waals surface area (Å²) in [6.07, 6.45) is 0.689. The monoisotopic (exact) mass is 312 g/mol. The largest absolute Gasteiger partial charge is 0.493 e. The number of benzene rings is 2. The summed E-state index contributed by atoms with van der Waals surface area (Å²) in [6.45, 7) is 2.17. The number of ether oxygens (including phenoxy) is 1. The second-order valence-electron chi connectivity index (χ2n) is 5.46. The molecule has 0 saturated carbocycles. The molecule has 0 aliphatic carbocycles. The highest BCUT2D eigenvalue weighted by molar-refractivity contribution is 5.95. The maximum Gasteiger partial charge on any atom is 0.272 e. The molecule has 0 radical (unpaired) electrons. The fourth-order valence-corrected chi connectivity index (χ4v) is 2.74. The van der Waals surface area contributed by atoms with Gasteiger partial charge in [0.1, 0.15) is 5.75 Å². The highest BCUT2D eigenvalue weighted by Gasteiger charge is 2.23. The summed E-state index contributed by atoms with van der Waals surface area (Å²) < 4.78 is 5.58. The molecule has 1 aliphatic heterocycles. The number of hydrogen-bond acceptors (Lipinski definition) is 4. The molecule has 0 fully saturated rings. The van der Waals surface area contributed by atoms with Gasteiger partial charge in [-0.2, -0.15) is 0 Å². The first-order chi connectivity index (χ1) is 11.1. The third-order valence-corrected chi connectivity index (χ3v) is 3.92. The molecule has 1 N–H and O–H groups in total. The van der Waals surface area contributed by atoms with Crippen LogP contribution in [0.2, 0.25) is 0 Å². The van der Waals surface area contributed by atoms with Gasteiger partial charge in [0.2, 0.25) is 0 Å². The van der Waals surface area contributed by atoms with Crippen molar-refractivity contribution in [3.8, 4) is 5.75 Å². The number of rotatable bonds is 3. The van der Waals surface area contributed by atoms with Gasteiger partial charge in [0.15, 0.2) is 0 Å². The smallest absolute Gasteiger partial charge is 0.272 e. The fraction of sp³-hybridized carbons (Fsp3) is 0.235. The Labute approximate surface area is 133 Å². The first-order valence-electron chi connectivity index (χ1n) is 7.34. The van der Waals surface area contributed by atoms with Gasteiger partial charge in [-0.3, -0.25) is 14.9 Å². The number of nitrogens with zero attached hydrogens (tertiary/aromatic N) is 1. The highest BCUT2D eigenvalue weighted by Crippen LogP contribution is 2.31. The number of fused-ring (bicyclic) bond motifs is 1. The van der Waals surface area contributed by atoms with Gasteiger partial charge in [-0.15, -0.1) is 0 Å². The van der Waals surface area contributed by atoms with Crippen molar-refractivity contribution < 1.29 is 14.5 Å². The minimum atomic E-state index is -0.453. The van der Waals surface area contributed by atoms with Crippen molar-refractivity contribution in [3.05, 3.63) is 69.3 Å². The molecule has 1 atom stereocenters. The van der Waals surface area contributed by atoms with E-state index in [1.165, 1.54) is 12.1 Å². The van der Waals surface area contributed by atoms with E-state index >= 15 is 0 Å². The van der Waals surface area contributed by atoms with E-state index in [4.69, 9.17) is 4.74 Å². The van der Waals surface area contributed by atoms with Crippen molar-refractivity contribution in [1.29, 1.82) is 0 Å². The quantitative estimate of drug-likeness (QED) is 0.697. The second kappa shape index (κ2) is 6.08. The van der Waals surface area contributed by atoms with Gasteiger partial charge in [0.25, 0.3) is 11.6 Å². The van der Waals surface area contributed by atoms with Crippen LogP contribution < -0.4 is 10.1 Å². The number of aryl methyl sites for hydroxylation is 1. The minimum absolute atomic E-state index is 0.0120. The average Bonchev–Trinajstić information content (AvgIpc) is 2.54. The maximum absolute atomic E-state index is 12.4. The molecule has 23 heavy (non-hydrogen) atoms. The number of nitrogens with one attached hydrogen (secondary N) is 1. The summed E-state index contributed by atoms with van der Waals surface area (Å²) in [4.78, 5) is 22.8. The Balaban J connectivity index is 1.80. The Morgan fingerprint density at radius 1 is 1.30 bits per heavy atom. The van der Waals surface area contributed by atoms with Crippen LogP contribution in [0.4, 0.5) is 5.69 Å². The molecule has 1 heterocycles. The van der Waals surface area contributed by atoms with E-state index in [9.17, 15) is 14.9 Å². The van der Waals surface area contributed by atoms with E-state index in [2.05, 4.69) is 5.32 Å². The van der Waals surface area contributed by atoms with Crippen LogP contribution in [0.25, 0.3) is 0 Å². The van der Waals surface area contributed by atoms with E-state index < -0.39 is 4.92 Å². The van der Waals surface area contributed by atoms with Crippen LogP contribution in [0.15, 0.2) is 42.5 Å². The summed E-state index contributed by atoms with van der Waals surface area (Å²) in [6, 6.07) is 11.9. The lowest BCUT2D eigenvalue weighted by Crippen LogP contribution is -2.32. The van der Waals surface area contributed by atoms with Crippen LogP contribution in [0, 0.1) is 17.0 Å². The predicted molar refractivity (Wildman–Crippen MR) is 84.6 cm³/mol. The highest BCUT2D eigenvalue weighted by atomic mass is 16.6. The van der Waals surface area contributed by atoms with Gasteiger partial charge in [0.05, 0.1) is 17.6 Å². The van der Waals surface area contributed by atoms with Crippen molar-refractivity contribution in [2.75, 3.05) is 6.61 Å². The van der Waals surface area contributed by atoms with Crippen molar-refractivity contribution in [2.45, 2.75) is 19.4 Å². The van der Waals surface area contributed by atoms with E-state index in [-0.39, 0.29) is 17.6 Å². The summed E-state index contributed by atoms with van der Waals surface area (Å²) >= 11 is 0. The third-order valence-electron chi connectivity index (χ3n) is 3.92. The standard InChI is InChI=1S/C17H16N2O4/c1-11-10-12(6-7-15(11)19(21)22)17(20)18-14-8-9-23-16-5-3-2-4-13(14)16/h2-7,10,14H,8-9H2,1H3,(H,18,20)/t14-/m0/s1. The Morgan fingerprint density at radius 2 is 2.09 bits per heavy atom. The van der Waals surface area contributed by atoms with Crippen molar-refractivity contribution in [3.63, 3.8) is 0 Å². The molecular weight excluding hydrogens is 296 g/mol. The third kappa shape index (κ3) is 3.01. The molecule has 0 aromatic heterocycles. The molecular formula is C17H16N2O4. The number of amides is 1. The number of carbonyl (C=O) groups excluding carboxylic acids is 1. The molecule has 2 aromatic carbocycles. The number of nitro groups is 1. The molecule has 0 spiro atoms. The zero-order chi connectivity index (χ0) is 16.4. The number of nitro benzene ring substituents is 1. The Kier molecular flexibility index (Phi) is 3.97. The molecule has 2 aromatic rings. The molecule has 6 heteroatoms. The van der Waals surface area contributed by atoms with Crippen molar-refractivity contribution >= 4 is 11.6 Å². The summed E-state index contributed by atoms with van der Waals surface area (Å²) in [5.41, 5.74) is 1.84. The van der Waals surface area contributed by atoms with Gasteiger partial charge < -0.3 is 10.1 Å². The average molecular weight is 312 g/mol. The first kappa shape index (κ1) is 15.0. The fourth-order valence-electron chi connectivity index (χ4n) is 2.74. The molecule has 0 unspecified atom stereocenters. The van der Waals surface area contributed by atoms with Gasteiger partial charge >= 0.3 is 0 Å². The second-order valence-corrected chi connectivity index (χ2v) is 5.46. The lowest BCUT2D eigenvalue weighted by Gasteiger charge is -2.26. The molecule has 1 aliphatic rings. The number of hydrogen-bond donors (Lipinski definition) is 1. The maximum atomic E-state index is 12.4. The SMILES string of the molecule is Cc1cc(C(=O)N[C@H]2CCOc3ccccc32)ccc1[N+](=O)[O-]. The first-order valence-corrected chi connectivity index (χ1v) is 7.34. The van der Waals surface area contributed by atoms with E-state index in [0.717, 1.165) is 11.3 Å². The minimum Gasteiger partial charge on any atom is -0.493 e. The van der Waals surface area contributed by atoms with E-state index in [0.29, 0.717) is 24.2 Å². The van der Waals surface area contributed by atoms with Gasteiger partial charge in [-0.05, 0) is 25.1 Å². The van der Waals surface area contributed by atoms with Crippen LogP contribution in [-0.2, 0) is 0 Å². The zero-order valence-corrected chi connectivity index (χ0v) is 12.6. The molecule has 118 valence electrons.